The second-order valence-corrected chi connectivity index (χ2v) is 6.51. The van der Waals surface area contributed by atoms with E-state index < -0.39 is 5.91 Å². The van der Waals surface area contributed by atoms with E-state index in [1.165, 1.54) is 12.8 Å². The number of rotatable bonds is 3. The van der Waals surface area contributed by atoms with Crippen molar-refractivity contribution in [1.82, 2.24) is 4.98 Å². The fourth-order valence-electron chi connectivity index (χ4n) is 2.90. The van der Waals surface area contributed by atoms with Gasteiger partial charge < -0.3 is 10.6 Å². The van der Waals surface area contributed by atoms with Crippen molar-refractivity contribution in [2.45, 2.75) is 46.1 Å². The van der Waals surface area contributed by atoms with Crippen LogP contribution in [0.2, 0.25) is 0 Å². The van der Waals surface area contributed by atoms with Crippen molar-refractivity contribution in [3.05, 3.63) is 24.0 Å². The van der Waals surface area contributed by atoms with Gasteiger partial charge in [-0.3, -0.25) is 9.78 Å². The van der Waals surface area contributed by atoms with Gasteiger partial charge in [0.1, 0.15) is 0 Å². The summed E-state index contributed by atoms with van der Waals surface area (Å²) in [4.78, 5) is 17.9. The zero-order valence-corrected chi connectivity index (χ0v) is 12.0. The number of carbonyl (C=O) groups is 1. The normalized spacial score (nSPS) is 19.7. The van der Waals surface area contributed by atoms with E-state index >= 15 is 0 Å². The van der Waals surface area contributed by atoms with E-state index in [1.807, 2.05) is 6.07 Å². The molecule has 0 aromatic carbocycles. The molecule has 4 heteroatoms. The Labute approximate surface area is 115 Å². The Morgan fingerprint density at radius 2 is 2.26 bits per heavy atom. The van der Waals surface area contributed by atoms with Crippen LogP contribution in [0.4, 0.5) is 5.69 Å². The lowest BCUT2D eigenvalue weighted by Gasteiger charge is -2.32. The van der Waals surface area contributed by atoms with Crippen LogP contribution in [-0.2, 0) is 0 Å². The number of amides is 1. The largest absolute Gasteiger partial charge is 0.368 e. The molecule has 19 heavy (non-hydrogen) atoms. The molecule has 2 N–H and O–H groups in total. The molecule has 4 nitrogen and oxygen atoms in total. The van der Waals surface area contributed by atoms with Crippen LogP contribution in [0.1, 0.15) is 50.4 Å². The van der Waals surface area contributed by atoms with E-state index in [0.29, 0.717) is 11.6 Å². The quantitative estimate of drug-likeness (QED) is 0.909. The molecule has 2 rings (SSSR count). The fourth-order valence-corrected chi connectivity index (χ4v) is 2.90. The predicted molar refractivity (Wildman–Crippen MR) is 77.2 cm³/mol. The lowest BCUT2D eigenvalue weighted by molar-refractivity contribution is 0.100. The van der Waals surface area contributed by atoms with Gasteiger partial charge in [-0.15, -0.1) is 0 Å². The lowest BCUT2D eigenvalue weighted by atomic mass is 9.87. The number of aromatic nitrogens is 1. The molecule has 1 aromatic heterocycles. The number of pyridine rings is 1. The molecule has 104 valence electrons. The Morgan fingerprint density at radius 3 is 2.89 bits per heavy atom. The van der Waals surface area contributed by atoms with Crippen molar-refractivity contribution in [1.29, 1.82) is 0 Å². The van der Waals surface area contributed by atoms with Gasteiger partial charge in [0.15, 0.2) is 0 Å². The van der Waals surface area contributed by atoms with Gasteiger partial charge >= 0.3 is 0 Å². The maximum Gasteiger partial charge on any atom is 0.252 e. The number of anilines is 1. The Balaban J connectivity index is 2.28. The molecule has 1 aliphatic rings. The summed E-state index contributed by atoms with van der Waals surface area (Å²) in [6.07, 6.45) is 6.77. The fraction of sp³-hybridized carbons (Fsp3) is 0.600. The zero-order valence-electron chi connectivity index (χ0n) is 12.0. The summed E-state index contributed by atoms with van der Waals surface area (Å²) in [5.74, 6) is -0.399. The zero-order chi connectivity index (χ0) is 14.0. The maximum atomic E-state index is 11.5. The average molecular weight is 261 g/mol. The van der Waals surface area contributed by atoms with Crippen LogP contribution < -0.4 is 10.6 Å². The van der Waals surface area contributed by atoms with Crippen molar-refractivity contribution in [2.24, 2.45) is 11.1 Å². The highest BCUT2D eigenvalue weighted by molar-refractivity contribution is 5.98. The minimum absolute atomic E-state index is 0.285. The molecule has 1 aromatic rings. The molecule has 1 atom stereocenters. The van der Waals surface area contributed by atoms with Gasteiger partial charge in [0.05, 0.1) is 11.3 Å². The van der Waals surface area contributed by atoms with Crippen molar-refractivity contribution in [3.63, 3.8) is 0 Å². The molecule has 0 saturated carbocycles. The van der Waals surface area contributed by atoms with Gasteiger partial charge in [0.2, 0.25) is 0 Å². The Hall–Kier alpha value is -1.58. The van der Waals surface area contributed by atoms with Crippen LogP contribution >= 0.6 is 0 Å². The third-order valence-electron chi connectivity index (χ3n) is 3.60. The van der Waals surface area contributed by atoms with Crippen molar-refractivity contribution in [3.8, 4) is 0 Å². The summed E-state index contributed by atoms with van der Waals surface area (Å²) < 4.78 is 0. The van der Waals surface area contributed by atoms with Gasteiger partial charge in [-0.25, -0.2) is 0 Å². The number of hydrogen-bond acceptors (Lipinski definition) is 3. The van der Waals surface area contributed by atoms with E-state index in [-0.39, 0.29) is 5.41 Å². The van der Waals surface area contributed by atoms with Crippen LogP contribution in [-0.4, -0.2) is 23.5 Å². The molecule has 1 fully saturated rings. The van der Waals surface area contributed by atoms with E-state index in [0.717, 1.165) is 18.7 Å². The van der Waals surface area contributed by atoms with Crippen molar-refractivity contribution in [2.75, 3.05) is 11.4 Å². The van der Waals surface area contributed by atoms with E-state index in [4.69, 9.17) is 5.73 Å². The molecule has 1 amide bonds. The van der Waals surface area contributed by atoms with Gasteiger partial charge in [-0.1, -0.05) is 20.8 Å². The Bertz CT molecular complexity index is 465. The molecule has 0 spiro atoms. The Kier molecular flexibility index (Phi) is 3.78. The predicted octanol–water partition coefficient (Wildman–Crippen LogP) is 2.59. The summed E-state index contributed by atoms with van der Waals surface area (Å²) >= 11 is 0. The molecular formula is C15H23N3O. The maximum absolute atomic E-state index is 11.5. The van der Waals surface area contributed by atoms with Crippen LogP contribution in [0, 0.1) is 5.41 Å². The number of hydrogen-bond donors (Lipinski definition) is 1. The third-order valence-corrected chi connectivity index (χ3v) is 3.60. The first-order chi connectivity index (χ1) is 8.88. The standard InChI is InChI=1S/C15H23N3O/c1-15(2,3)9-11-5-4-8-18(11)13-6-7-17-10-12(13)14(16)19/h6-7,10-11H,4-5,8-9H2,1-3H3,(H2,16,19). The first-order valence-electron chi connectivity index (χ1n) is 6.89. The molecular weight excluding hydrogens is 238 g/mol. The topological polar surface area (TPSA) is 59.2 Å². The highest BCUT2D eigenvalue weighted by Gasteiger charge is 2.30. The summed E-state index contributed by atoms with van der Waals surface area (Å²) in [5, 5.41) is 0. The summed E-state index contributed by atoms with van der Waals surface area (Å²) in [6.45, 7) is 7.76. The van der Waals surface area contributed by atoms with Crippen molar-refractivity contribution >= 4 is 11.6 Å². The van der Waals surface area contributed by atoms with Gasteiger partial charge in [0.25, 0.3) is 5.91 Å². The first-order valence-corrected chi connectivity index (χ1v) is 6.89. The molecule has 1 saturated heterocycles. The lowest BCUT2D eigenvalue weighted by Crippen LogP contribution is -2.34. The summed E-state index contributed by atoms with van der Waals surface area (Å²) in [6, 6.07) is 2.39. The SMILES string of the molecule is CC(C)(C)CC1CCCN1c1ccncc1C(N)=O. The first kappa shape index (κ1) is 13.8. The van der Waals surface area contributed by atoms with Crippen molar-refractivity contribution < 1.29 is 4.79 Å². The summed E-state index contributed by atoms with van der Waals surface area (Å²) in [5.41, 5.74) is 7.20. The highest BCUT2D eigenvalue weighted by atomic mass is 16.1. The summed E-state index contributed by atoms with van der Waals surface area (Å²) in [7, 11) is 0. The highest BCUT2D eigenvalue weighted by Crippen LogP contribution is 2.34. The van der Waals surface area contributed by atoms with E-state index in [2.05, 4.69) is 30.7 Å². The molecule has 1 unspecified atom stereocenters. The van der Waals surface area contributed by atoms with E-state index in [1.54, 1.807) is 12.4 Å². The van der Waals surface area contributed by atoms with Crippen LogP contribution in [0.15, 0.2) is 18.5 Å². The molecule has 2 heterocycles. The second-order valence-electron chi connectivity index (χ2n) is 6.51. The molecule has 0 radical (unpaired) electrons. The second kappa shape index (κ2) is 5.19. The monoisotopic (exact) mass is 261 g/mol. The van der Waals surface area contributed by atoms with E-state index in [9.17, 15) is 4.79 Å². The van der Waals surface area contributed by atoms with Crippen LogP contribution in [0.3, 0.4) is 0 Å². The average Bonchev–Trinajstić information content (AvgIpc) is 2.74. The van der Waals surface area contributed by atoms with Crippen LogP contribution in [0.25, 0.3) is 0 Å². The van der Waals surface area contributed by atoms with Gasteiger partial charge in [0, 0.05) is 25.0 Å². The number of nitrogens with zero attached hydrogens (tertiary/aromatic N) is 2. The molecule has 0 aliphatic carbocycles. The van der Waals surface area contributed by atoms with Gasteiger partial charge in [-0.05, 0) is 30.7 Å². The van der Waals surface area contributed by atoms with Gasteiger partial charge in [-0.2, -0.15) is 0 Å². The van der Waals surface area contributed by atoms with Crippen LogP contribution in [0.5, 0.6) is 0 Å². The smallest absolute Gasteiger partial charge is 0.252 e. The minimum Gasteiger partial charge on any atom is -0.368 e. The Morgan fingerprint density at radius 1 is 1.53 bits per heavy atom. The third kappa shape index (κ3) is 3.25. The number of nitrogens with two attached hydrogens (primary N) is 1. The molecule has 1 aliphatic heterocycles. The minimum atomic E-state index is -0.399. The number of primary amides is 1. The number of carbonyl (C=O) groups excluding carboxylic acids is 1. The molecule has 0 bridgehead atoms.